The van der Waals surface area contributed by atoms with Crippen LogP contribution in [0.2, 0.25) is 0 Å². The standard InChI is InChI=1S/C17H19N3O5/c1-17(22,15-3-2-8-25-15)10-18-16(21)11-4-7-13(19-12-5-6-12)14(9-11)20(23)24/h2-4,7-9,12,19,22H,5-6,10H2,1H3,(H,18,21). The quantitative estimate of drug-likeness (QED) is 0.524. The van der Waals surface area contributed by atoms with Crippen molar-refractivity contribution in [1.82, 2.24) is 5.32 Å². The summed E-state index contributed by atoms with van der Waals surface area (Å²) in [5, 5.41) is 27.2. The van der Waals surface area contributed by atoms with Crippen LogP contribution in [0, 0.1) is 10.1 Å². The summed E-state index contributed by atoms with van der Waals surface area (Å²) < 4.78 is 5.15. The molecular weight excluding hydrogens is 326 g/mol. The van der Waals surface area contributed by atoms with Gasteiger partial charge >= 0.3 is 0 Å². The second-order valence-electron chi connectivity index (χ2n) is 6.34. The monoisotopic (exact) mass is 345 g/mol. The Morgan fingerprint density at radius 1 is 1.44 bits per heavy atom. The Morgan fingerprint density at radius 3 is 2.80 bits per heavy atom. The molecule has 3 N–H and O–H groups in total. The van der Waals surface area contributed by atoms with Crippen molar-refractivity contribution in [3.63, 3.8) is 0 Å². The van der Waals surface area contributed by atoms with E-state index in [1.165, 1.54) is 31.4 Å². The maximum atomic E-state index is 12.3. The highest BCUT2D eigenvalue weighted by Gasteiger charge is 2.28. The third-order valence-electron chi connectivity index (χ3n) is 4.04. The van der Waals surface area contributed by atoms with Crippen molar-refractivity contribution < 1.29 is 19.2 Å². The van der Waals surface area contributed by atoms with Gasteiger partial charge in [0.2, 0.25) is 0 Å². The number of anilines is 1. The minimum Gasteiger partial charge on any atom is -0.466 e. The Bertz CT molecular complexity index is 782. The van der Waals surface area contributed by atoms with Gasteiger partial charge in [-0.2, -0.15) is 0 Å². The van der Waals surface area contributed by atoms with Gasteiger partial charge in [-0.1, -0.05) is 0 Å². The fourth-order valence-corrected chi connectivity index (χ4v) is 2.42. The lowest BCUT2D eigenvalue weighted by molar-refractivity contribution is -0.384. The van der Waals surface area contributed by atoms with Crippen LogP contribution in [0.1, 0.15) is 35.9 Å². The SMILES string of the molecule is CC(O)(CNC(=O)c1ccc(NC2CC2)c([N+](=O)[O-])c1)c1ccco1. The minimum absolute atomic E-state index is 0.0881. The van der Waals surface area contributed by atoms with Crippen molar-refractivity contribution in [3.8, 4) is 0 Å². The van der Waals surface area contributed by atoms with Crippen molar-refractivity contribution in [2.75, 3.05) is 11.9 Å². The molecule has 1 aliphatic rings. The average molecular weight is 345 g/mol. The van der Waals surface area contributed by atoms with Gasteiger partial charge in [-0.15, -0.1) is 0 Å². The van der Waals surface area contributed by atoms with Crippen LogP contribution >= 0.6 is 0 Å². The van der Waals surface area contributed by atoms with Crippen molar-refractivity contribution in [3.05, 3.63) is 58.0 Å². The summed E-state index contributed by atoms with van der Waals surface area (Å²) >= 11 is 0. The number of amides is 1. The second kappa shape index (κ2) is 6.56. The van der Waals surface area contributed by atoms with E-state index in [0.29, 0.717) is 11.4 Å². The first kappa shape index (κ1) is 17.0. The summed E-state index contributed by atoms with van der Waals surface area (Å²) in [6.07, 6.45) is 3.41. The van der Waals surface area contributed by atoms with Crippen LogP contribution in [0.25, 0.3) is 0 Å². The average Bonchev–Trinajstić information content (AvgIpc) is 3.21. The number of aliphatic hydroxyl groups is 1. The third kappa shape index (κ3) is 3.97. The summed E-state index contributed by atoms with van der Waals surface area (Å²) in [5.41, 5.74) is -0.953. The van der Waals surface area contributed by atoms with E-state index in [0.717, 1.165) is 12.8 Å². The Kier molecular flexibility index (Phi) is 4.45. The molecule has 132 valence electrons. The number of carbonyl (C=O) groups excluding carboxylic acids is 1. The van der Waals surface area contributed by atoms with Gasteiger partial charge in [-0.05, 0) is 44.0 Å². The van der Waals surface area contributed by atoms with E-state index in [-0.39, 0.29) is 23.8 Å². The highest BCUT2D eigenvalue weighted by molar-refractivity contribution is 5.95. The van der Waals surface area contributed by atoms with Crippen LogP contribution < -0.4 is 10.6 Å². The van der Waals surface area contributed by atoms with E-state index in [1.807, 2.05) is 0 Å². The van der Waals surface area contributed by atoms with Crippen molar-refractivity contribution in [2.45, 2.75) is 31.4 Å². The summed E-state index contributed by atoms with van der Waals surface area (Å²) in [7, 11) is 0. The number of hydrogen-bond acceptors (Lipinski definition) is 6. The number of furan rings is 1. The Labute approximate surface area is 144 Å². The molecule has 1 atom stereocenters. The van der Waals surface area contributed by atoms with Gasteiger partial charge in [0.1, 0.15) is 17.0 Å². The number of carbonyl (C=O) groups is 1. The molecule has 1 heterocycles. The summed E-state index contributed by atoms with van der Waals surface area (Å²) in [4.78, 5) is 23.0. The number of benzene rings is 1. The first-order valence-corrected chi connectivity index (χ1v) is 7.96. The third-order valence-corrected chi connectivity index (χ3v) is 4.04. The maximum Gasteiger partial charge on any atom is 0.293 e. The molecule has 25 heavy (non-hydrogen) atoms. The number of rotatable bonds is 7. The Balaban J connectivity index is 1.71. The number of nitro groups is 1. The molecule has 0 saturated heterocycles. The lowest BCUT2D eigenvalue weighted by Gasteiger charge is -2.21. The van der Waals surface area contributed by atoms with Gasteiger partial charge < -0.3 is 20.2 Å². The van der Waals surface area contributed by atoms with Crippen LogP contribution in [0.4, 0.5) is 11.4 Å². The van der Waals surface area contributed by atoms with Gasteiger partial charge in [0, 0.05) is 17.7 Å². The zero-order valence-corrected chi connectivity index (χ0v) is 13.7. The smallest absolute Gasteiger partial charge is 0.293 e. The van der Waals surface area contributed by atoms with E-state index in [1.54, 1.807) is 12.1 Å². The molecule has 1 unspecified atom stereocenters. The minimum atomic E-state index is -1.38. The normalized spacial score (nSPS) is 16.1. The number of nitro benzene ring substituents is 1. The fourth-order valence-electron chi connectivity index (χ4n) is 2.42. The predicted octanol–water partition coefficient (Wildman–Crippen LogP) is 2.40. The van der Waals surface area contributed by atoms with Crippen LogP contribution in [0.5, 0.6) is 0 Å². The van der Waals surface area contributed by atoms with Gasteiger partial charge in [-0.25, -0.2) is 0 Å². The highest BCUT2D eigenvalue weighted by atomic mass is 16.6. The molecular formula is C17H19N3O5. The molecule has 0 radical (unpaired) electrons. The zero-order valence-electron chi connectivity index (χ0n) is 13.7. The first-order chi connectivity index (χ1) is 11.9. The summed E-state index contributed by atoms with van der Waals surface area (Å²) in [6.45, 7) is 1.42. The maximum absolute atomic E-state index is 12.3. The number of hydrogen-bond donors (Lipinski definition) is 3. The molecule has 1 aromatic heterocycles. The second-order valence-corrected chi connectivity index (χ2v) is 6.34. The largest absolute Gasteiger partial charge is 0.466 e. The van der Waals surface area contributed by atoms with Crippen LogP contribution in [-0.4, -0.2) is 28.5 Å². The van der Waals surface area contributed by atoms with E-state index in [9.17, 15) is 20.0 Å². The molecule has 3 rings (SSSR count). The fraction of sp³-hybridized carbons (Fsp3) is 0.353. The molecule has 1 saturated carbocycles. The molecule has 1 fully saturated rings. The molecule has 0 spiro atoms. The van der Waals surface area contributed by atoms with Gasteiger partial charge in [0.05, 0.1) is 17.7 Å². The van der Waals surface area contributed by atoms with E-state index in [4.69, 9.17) is 4.42 Å². The highest BCUT2D eigenvalue weighted by Crippen LogP contribution is 2.31. The predicted molar refractivity (Wildman–Crippen MR) is 90.4 cm³/mol. The first-order valence-electron chi connectivity index (χ1n) is 7.96. The van der Waals surface area contributed by atoms with Crippen LogP contribution in [0.3, 0.4) is 0 Å². The van der Waals surface area contributed by atoms with Gasteiger partial charge in [0.25, 0.3) is 11.6 Å². The van der Waals surface area contributed by atoms with E-state index in [2.05, 4.69) is 10.6 Å². The molecule has 2 aromatic rings. The molecule has 8 nitrogen and oxygen atoms in total. The summed E-state index contributed by atoms with van der Waals surface area (Å²) in [6, 6.07) is 7.81. The van der Waals surface area contributed by atoms with Gasteiger partial charge in [-0.3, -0.25) is 14.9 Å². The van der Waals surface area contributed by atoms with Crippen molar-refractivity contribution in [2.24, 2.45) is 0 Å². The molecule has 1 aromatic carbocycles. The van der Waals surface area contributed by atoms with Crippen LogP contribution in [-0.2, 0) is 5.60 Å². The molecule has 0 aliphatic heterocycles. The Morgan fingerprint density at radius 2 is 2.20 bits per heavy atom. The number of nitrogens with zero attached hydrogens (tertiary/aromatic N) is 1. The number of nitrogens with one attached hydrogen (secondary N) is 2. The molecule has 1 aliphatic carbocycles. The molecule has 0 bridgehead atoms. The Hall–Kier alpha value is -2.87. The van der Waals surface area contributed by atoms with Crippen molar-refractivity contribution >= 4 is 17.3 Å². The zero-order chi connectivity index (χ0) is 18.0. The lowest BCUT2D eigenvalue weighted by Crippen LogP contribution is -2.38. The molecule has 8 heteroatoms. The summed E-state index contributed by atoms with van der Waals surface area (Å²) in [5.74, 6) is -0.185. The van der Waals surface area contributed by atoms with Crippen LogP contribution in [0.15, 0.2) is 41.0 Å². The lowest BCUT2D eigenvalue weighted by atomic mass is 10.0. The van der Waals surface area contributed by atoms with Gasteiger partial charge in [0.15, 0.2) is 0 Å². The molecule has 1 amide bonds. The van der Waals surface area contributed by atoms with E-state index >= 15 is 0 Å². The van der Waals surface area contributed by atoms with Crippen molar-refractivity contribution in [1.29, 1.82) is 0 Å². The topological polar surface area (TPSA) is 118 Å². The van der Waals surface area contributed by atoms with E-state index < -0.39 is 16.4 Å².